The molecule has 0 saturated carbocycles. The summed E-state index contributed by atoms with van der Waals surface area (Å²) < 4.78 is 6.75. The van der Waals surface area contributed by atoms with Gasteiger partial charge in [0, 0.05) is 6.20 Å². The Hall–Kier alpha value is -2.60. The Morgan fingerprint density at radius 1 is 1.32 bits per heavy atom. The van der Waals surface area contributed by atoms with Gasteiger partial charge in [-0.15, -0.1) is 0 Å². The van der Waals surface area contributed by atoms with E-state index in [1.54, 1.807) is 18.7 Å². The number of hydrogen-bond acceptors (Lipinski definition) is 4. The van der Waals surface area contributed by atoms with Crippen molar-refractivity contribution in [1.82, 2.24) is 14.8 Å². The molecule has 3 rings (SSSR count). The van der Waals surface area contributed by atoms with Crippen LogP contribution < -0.4 is 4.74 Å². The highest BCUT2D eigenvalue weighted by Gasteiger charge is 2.19. The van der Waals surface area contributed by atoms with E-state index in [2.05, 4.69) is 10.1 Å². The second-order valence-corrected chi connectivity index (χ2v) is 5.06. The lowest BCUT2D eigenvalue weighted by Gasteiger charge is -2.05. The molecule has 0 amide bonds. The number of hydrogen-bond donors (Lipinski definition) is 1. The van der Waals surface area contributed by atoms with Crippen molar-refractivity contribution in [2.45, 2.75) is 6.92 Å². The molecular formula is C15H12ClN3O3. The lowest BCUT2D eigenvalue weighted by Crippen LogP contribution is -2.01. The van der Waals surface area contributed by atoms with E-state index < -0.39 is 5.97 Å². The number of benzene rings is 1. The minimum Gasteiger partial charge on any atom is -0.497 e. The largest absolute Gasteiger partial charge is 0.497 e. The standard InChI is InChI=1S/C15H12ClN3O3/c1-8-12-13(16)11(15(20)21)7-17-14(12)19(18-8)9-3-5-10(22-2)6-4-9/h3-7H,1-2H3,(H,20,21). The molecule has 0 saturated heterocycles. The monoisotopic (exact) mass is 317 g/mol. The van der Waals surface area contributed by atoms with Crippen molar-refractivity contribution in [3.8, 4) is 11.4 Å². The molecule has 112 valence electrons. The number of nitrogens with zero attached hydrogens (tertiary/aromatic N) is 3. The molecule has 22 heavy (non-hydrogen) atoms. The molecule has 0 aliphatic heterocycles. The van der Waals surface area contributed by atoms with E-state index in [1.165, 1.54) is 6.20 Å². The number of carboxylic acid groups (broad SMARTS) is 1. The molecule has 2 heterocycles. The number of pyridine rings is 1. The number of ether oxygens (including phenoxy) is 1. The van der Waals surface area contributed by atoms with Gasteiger partial charge in [0.05, 0.1) is 34.5 Å². The SMILES string of the molecule is COc1ccc(-n2nc(C)c3c(Cl)c(C(=O)O)cnc32)cc1. The molecule has 0 fully saturated rings. The van der Waals surface area contributed by atoms with E-state index in [4.69, 9.17) is 21.4 Å². The highest BCUT2D eigenvalue weighted by molar-refractivity contribution is 6.38. The van der Waals surface area contributed by atoms with Gasteiger partial charge in [-0.2, -0.15) is 5.10 Å². The first-order chi connectivity index (χ1) is 10.5. The minimum absolute atomic E-state index is 0.0356. The normalized spacial score (nSPS) is 10.9. The fourth-order valence-electron chi connectivity index (χ4n) is 2.26. The number of aromatic carboxylic acids is 1. The molecule has 0 aliphatic rings. The van der Waals surface area contributed by atoms with Crippen LogP contribution in [-0.4, -0.2) is 33.0 Å². The number of rotatable bonds is 3. The molecule has 0 bridgehead atoms. The Kier molecular flexibility index (Phi) is 3.46. The molecule has 2 aromatic heterocycles. The summed E-state index contributed by atoms with van der Waals surface area (Å²) in [7, 11) is 1.59. The third kappa shape index (κ3) is 2.17. The summed E-state index contributed by atoms with van der Waals surface area (Å²) in [6.07, 6.45) is 1.24. The van der Waals surface area contributed by atoms with Gasteiger partial charge >= 0.3 is 5.97 Å². The Bertz CT molecular complexity index is 872. The van der Waals surface area contributed by atoms with Crippen LogP contribution in [0.2, 0.25) is 5.02 Å². The van der Waals surface area contributed by atoms with E-state index in [9.17, 15) is 4.79 Å². The molecule has 1 N–H and O–H groups in total. The van der Waals surface area contributed by atoms with Gasteiger partial charge in [-0.1, -0.05) is 11.6 Å². The van der Waals surface area contributed by atoms with E-state index in [0.29, 0.717) is 16.7 Å². The molecule has 0 radical (unpaired) electrons. The van der Waals surface area contributed by atoms with Crippen LogP contribution in [0.4, 0.5) is 0 Å². The Morgan fingerprint density at radius 3 is 2.59 bits per heavy atom. The van der Waals surface area contributed by atoms with E-state index in [1.807, 2.05) is 24.3 Å². The van der Waals surface area contributed by atoms with Crippen LogP contribution in [0.1, 0.15) is 16.1 Å². The summed E-state index contributed by atoms with van der Waals surface area (Å²) in [6.45, 7) is 1.77. The second-order valence-electron chi connectivity index (χ2n) is 4.68. The lowest BCUT2D eigenvalue weighted by molar-refractivity contribution is 0.0697. The Labute approximate surface area is 130 Å². The van der Waals surface area contributed by atoms with Crippen molar-refractivity contribution in [3.63, 3.8) is 0 Å². The zero-order valence-corrected chi connectivity index (χ0v) is 12.6. The van der Waals surface area contributed by atoms with Gasteiger partial charge in [0.25, 0.3) is 0 Å². The summed E-state index contributed by atoms with van der Waals surface area (Å²) in [5, 5.41) is 14.2. The molecular weight excluding hydrogens is 306 g/mol. The van der Waals surface area contributed by atoms with Gasteiger partial charge in [0.15, 0.2) is 5.65 Å². The van der Waals surface area contributed by atoms with Crippen molar-refractivity contribution in [1.29, 1.82) is 0 Å². The van der Waals surface area contributed by atoms with E-state index in [-0.39, 0.29) is 10.6 Å². The zero-order chi connectivity index (χ0) is 15.9. The molecule has 1 aromatic carbocycles. The maximum Gasteiger partial charge on any atom is 0.338 e. The topological polar surface area (TPSA) is 77.2 Å². The quantitative estimate of drug-likeness (QED) is 0.803. The summed E-state index contributed by atoms with van der Waals surface area (Å²) >= 11 is 6.20. The third-order valence-corrected chi connectivity index (χ3v) is 3.75. The van der Waals surface area contributed by atoms with Gasteiger partial charge in [-0.25, -0.2) is 14.5 Å². The average molecular weight is 318 g/mol. The Morgan fingerprint density at radius 2 is 2.00 bits per heavy atom. The average Bonchev–Trinajstić information content (AvgIpc) is 2.85. The van der Waals surface area contributed by atoms with Crippen LogP contribution in [0.15, 0.2) is 30.5 Å². The summed E-state index contributed by atoms with van der Waals surface area (Å²) in [5.74, 6) is -0.382. The molecule has 0 aliphatic carbocycles. The first kappa shape index (κ1) is 14.3. The molecule has 0 unspecified atom stereocenters. The van der Waals surface area contributed by atoms with Gasteiger partial charge in [-0.05, 0) is 31.2 Å². The predicted molar refractivity (Wildman–Crippen MR) is 82.1 cm³/mol. The first-order valence-corrected chi connectivity index (χ1v) is 6.82. The van der Waals surface area contributed by atoms with Crippen LogP contribution in [0.5, 0.6) is 5.75 Å². The number of fused-ring (bicyclic) bond motifs is 1. The highest BCUT2D eigenvalue weighted by atomic mass is 35.5. The molecule has 3 aromatic rings. The van der Waals surface area contributed by atoms with Gasteiger partial charge in [-0.3, -0.25) is 0 Å². The lowest BCUT2D eigenvalue weighted by atomic mass is 10.2. The number of aryl methyl sites for hydroxylation is 1. The summed E-state index contributed by atoms with van der Waals surface area (Å²) in [5.41, 5.74) is 1.88. The smallest absolute Gasteiger partial charge is 0.338 e. The maximum absolute atomic E-state index is 11.2. The maximum atomic E-state index is 11.2. The van der Waals surface area contributed by atoms with Crippen molar-refractivity contribution in [2.24, 2.45) is 0 Å². The van der Waals surface area contributed by atoms with Crippen molar-refractivity contribution >= 4 is 28.6 Å². The second kappa shape index (κ2) is 5.31. The van der Waals surface area contributed by atoms with Crippen molar-refractivity contribution in [3.05, 3.63) is 46.7 Å². The number of aromatic nitrogens is 3. The first-order valence-electron chi connectivity index (χ1n) is 6.44. The number of halogens is 1. The number of carbonyl (C=O) groups is 1. The van der Waals surface area contributed by atoms with Crippen LogP contribution >= 0.6 is 11.6 Å². The highest BCUT2D eigenvalue weighted by Crippen LogP contribution is 2.30. The van der Waals surface area contributed by atoms with Crippen molar-refractivity contribution < 1.29 is 14.6 Å². The van der Waals surface area contributed by atoms with E-state index >= 15 is 0 Å². The summed E-state index contributed by atoms with van der Waals surface area (Å²) in [6, 6.07) is 7.30. The van der Waals surface area contributed by atoms with E-state index in [0.717, 1.165) is 11.4 Å². The van der Waals surface area contributed by atoms with Crippen LogP contribution in [0.3, 0.4) is 0 Å². The molecule has 6 nitrogen and oxygen atoms in total. The molecule has 0 spiro atoms. The Balaban J connectivity index is 2.23. The molecule has 7 heteroatoms. The van der Waals surface area contributed by atoms with Crippen LogP contribution in [0.25, 0.3) is 16.7 Å². The van der Waals surface area contributed by atoms with Gasteiger partial charge in [0.2, 0.25) is 0 Å². The van der Waals surface area contributed by atoms with Gasteiger partial charge in [0.1, 0.15) is 5.75 Å². The number of methoxy groups -OCH3 is 1. The summed E-state index contributed by atoms with van der Waals surface area (Å²) in [4.78, 5) is 15.4. The fourth-order valence-corrected chi connectivity index (χ4v) is 2.61. The molecule has 0 atom stereocenters. The third-order valence-electron chi connectivity index (χ3n) is 3.36. The van der Waals surface area contributed by atoms with Gasteiger partial charge < -0.3 is 9.84 Å². The minimum atomic E-state index is -1.11. The number of carboxylic acids is 1. The van der Waals surface area contributed by atoms with Crippen molar-refractivity contribution in [2.75, 3.05) is 7.11 Å². The predicted octanol–water partition coefficient (Wildman–Crippen LogP) is 3.09. The van der Waals surface area contributed by atoms with Crippen LogP contribution in [0, 0.1) is 6.92 Å². The zero-order valence-electron chi connectivity index (χ0n) is 11.9. The fraction of sp³-hybridized carbons (Fsp3) is 0.133. The van der Waals surface area contributed by atoms with Crippen LogP contribution in [-0.2, 0) is 0 Å².